The van der Waals surface area contributed by atoms with E-state index in [9.17, 15) is 8.78 Å². The second-order valence-electron chi connectivity index (χ2n) is 4.31. The van der Waals surface area contributed by atoms with Gasteiger partial charge in [-0.2, -0.15) is 0 Å². The molecule has 0 bridgehead atoms. The Balaban J connectivity index is 2.48. The number of rotatable bonds is 4. The molecular weight excluding hydrogens is 348 g/mol. The highest BCUT2D eigenvalue weighted by molar-refractivity contribution is 9.10. The molecule has 2 aromatic rings. The van der Waals surface area contributed by atoms with Crippen molar-refractivity contribution < 1.29 is 8.78 Å². The first-order valence-electron chi connectivity index (χ1n) is 6.16. The van der Waals surface area contributed by atoms with Crippen molar-refractivity contribution in [1.82, 2.24) is 5.32 Å². The lowest BCUT2D eigenvalue weighted by molar-refractivity contribution is 0.557. The van der Waals surface area contributed by atoms with E-state index >= 15 is 0 Å². The second-order valence-corrected chi connectivity index (χ2v) is 5.54. The molecule has 20 heavy (non-hydrogen) atoms. The lowest BCUT2D eigenvalue weighted by atomic mass is 9.98. The van der Waals surface area contributed by atoms with Gasteiger partial charge in [-0.25, -0.2) is 8.78 Å². The van der Waals surface area contributed by atoms with Crippen LogP contribution in [0.2, 0.25) is 5.02 Å². The molecule has 0 amide bonds. The van der Waals surface area contributed by atoms with Crippen molar-refractivity contribution in [3.05, 3.63) is 68.7 Å². The van der Waals surface area contributed by atoms with Gasteiger partial charge in [0.05, 0.1) is 11.1 Å². The molecule has 0 fully saturated rings. The summed E-state index contributed by atoms with van der Waals surface area (Å²) in [6, 6.07) is 8.99. The minimum atomic E-state index is -0.476. The van der Waals surface area contributed by atoms with Crippen molar-refractivity contribution in [2.24, 2.45) is 0 Å². The molecule has 0 aromatic heterocycles. The van der Waals surface area contributed by atoms with Crippen molar-refractivity contribution in [3.63, 3.8) is 0 Å². The van der Waals surface area contributed by atoms with Crippen molar-refractivity contribution in [2.75, 3.05) is 6.54 Å². The van der Waals surface area contributed by atoms with Crippen LogP contribution in [0.25, 0.3) is 0 Å². The Bertz CT molecular complexity index is 602. The molecule has 5 heteroatoms. The van der Waals surface area contributed by atoms with Gasteiger partial charge in [-0.15, -0.1) is 0 Å². The van der Waals surface area contributed by atoms with Gasteiger partial charge in [-0.1, -0.05) is 36.7 Å². The molecule has 1 atom stereocenters. The topological polar surface area (TPSA) is 12.0 Å². The Morgan fingerprint density at radius 3 is 2.40 bits per heavy atom. The molecule has 1 N–H and O–H groups in total. The zero-order chi connectivity index (χ0) is 14.7. The van der Waals surface area contributed by atoms with Crippen LogP contribution >= 0.6 is 27.5 Å². The quantitative estimate of drug-likeness (QED) is 0.750. The zero-order valence-electron chi connectivity index (χ0n) is 10.8. The summed E-state index contributed by atoms with van der Waals surface area (Å²) < 4.78 is 27.8. The van der Waals surface area contributed by atoms with Crippen molar-refractivity contribution in [1.29, 1.82) is 0 Å². The fourth-order valence-electron chi connectivity index (χ4n) is 2.03. The summed E-state index contributed by atoms with van der Waals surface area (Å²) in [6.45, 7) is 2.57. The van der Waals surface area contributed by atoms with Crippen LogP contribution in [-0.2, 0) is 0 Å². The summed E-state index contributed by atoms with van der Waals surface area (Å²) in [4.78, 5) is 0. The fraction of sp³-hybridized carbons (Fsp3) is 0.200. The van der Waals surface area contributed by atoms with E-state index in [1.165, 1.54) is 12.1 Å². The Morgan fingerprint density at radius 2 is 1.80 bits per heavy atom. The lowest BCUT2D eigenvalue weighted by Crippen LogP contribution is -2.23. The summed E-state index contributed by atoms with van der Waals surface area (Å²) in [5.41, 5.74) is 1.22. The molecule has 1 unspecified atom stereocenters. The fourth-order valence-corrected chi connectivity index (χ4v) is 2.51. The van der Waals surface area contributed by atoms with Crippen molar-refractivity contribution >= 4 is 27.5 Å². The molecule has 0 aliphatic carbocycles. The number of benzene rings is 2. The molecule has 0 saturated heterocycles. The molecule has 0 aliphatic rings. The third kappa shape index (κ3) is 3.19. The van der Waals surface area contributed by atoms with Crippen LogP contribution in [0.3, 0.4) is 0 Å². The Hall–Kier alpha value is -0.970. The highest BCUT2D eigenvalue weighted by atomic mass is 79.9. The number of hydrogen-bond donors (Lipinski definition) is 1. The second kappa shape index (κ2) is 6.66. The Kier molecular flexibility index (Phi) is 5.13. The van der Waals surface area contributed by atoms with E-state index < -0.39 is 5.82 Å². The smallest absolute Gasteiger partial charge is 0.148 e. The zero-order valence-corrected chi connectivity index (χ0v) is 13.1. The number of halogens is 4. The van der Waals surface area contributed by atoms with E-state index in [2.05, 4.69) is 21.2 Å². The summed E-state index contributed by atoms with van der Waals surface area (Å²) >= 11 is 9.12. The van der Waals surface area contributed by atoms with Gasteiger partial charge < -0.3 is 5.32 Å². The summed E-state index contributed by atoms with van der Waals surface area (Å²) in [7, 11) is 0. The highest BCUT2D eigenvalue weighted by Crippen LogP contribution is 2.32. The maximum Gasteiger partial charge on any atom is 0.148 e. The predicted molar refractivity (Wildman–Crippen MR) is 81.0 cm³/mol. The van der Waals surface area contributed by atoms with E-state index in [0.717, 1.165) is 5.56 Å². The monoisotopic (exact) mass is 359 g/mol. The molecule has 106 valence electrons. The van der Waals surface area contributed by atoms with Gasteiger partial charge >= 0.3 is 0 Å². The molecule has 2 aromatic carbocycles. The molecule has 0 spiro atoms. The molecule has 0 aliphatic heterocycles. The number of hydrogen-bond acceptors (Lipinski definition) is 1. The lowest BCUT2D eigenvalue weighted by Gasteiger charge is -2.20. The maximum atomic E-state index is 14.3. The Labute approximate surface area is 130 Å². The summed E-state index contributed by atoms with van der Waals surface area (Å²) in [5, 5.41) is 3.23. The normalized spacial score (nSPS) is 12.4. The average Bonchev–Trinajstić information content (AvgIpc) is 2.44. The molecule has 1 nitrogen and oxygen atoms in total. The van der Waals surface area contributed by atoms with Gasteiger partial charge in [-0.05, 0) is 46.2 Å². The average molecular weight is 361 g/mol. The van der Waals surface area contributed by atoms with E-state index in [4.69, 9.17) is 11.6 Å². The van der Waals surface area contributed by atoms with Gasteiger partial charge in [0.15, 0.2) is 0 Å². The SMILES string of the molecule is CCNC(c1ccc(F)cc1)c1ccc(Br)c(Cl)c1F. The highest BCUT2D eigenvalue weighted by Gasteiger charge is 2.20. The number of nitrogens with one attached hydrogen (secondary N) is 1. The first kappa shape index (κ1) is 15.4. The molecule has 0 heterocycles. The summed E-state index contributed by atoms with van der Waals surface area (Å²) in [6.07, 6.45) is 0. The third-order valence-electron chi connectivity index (χ3n) is 2.99. The Morgan fingerprint density at radius 1 is 1.15 bits per heavy atom. The van der Waals surface area contributed by atoms with Crippen LogP contribution in [-0.4, -0.2) is 6.54 Å². The van der Waals surface area contributed by atoms with E-state index in [-0.39, 0.29) is 16.9 Å². The van der Waals surface area contributed by atoms with E-state index in [0.29, 0.717) is 16.6 Å². The first-order chi connectivity index (χ1) is 9.54. The molecule has 0 radical (unpaired) electrons. The van der Waals surface area contributed by atoms with Crippen LogP contribution in [0.15, 0.2) is 40.9 Å². The maximum absolute atomic E-state index is 14.3. The summed E-state index contributed by atoms with van der Waals surface area (Å²) in [5.74, 6) is -0.797. The minimum Gasteiger partial charge on any atom is -0.306 e. The van der Waals surface area contributed by atoms with Crippen LogP contribution in [0, 0.1) is 11.6 Å². The third-order valence-corrected chi connectivity index (χ3v) is 4.25. The van der Waals surface area contributed by atoms with Crippen LogP contribution in [0.5, 0.6) is 0 Å². The minimum absolute atomic E-state index is 0.0486. The van der Waals surface area contributed by atoms with E-state index in [1.54, 1.807) is 24.3 Å². The molecule has 2 rings (SSSR count). The van der Waals surface area contributed by atoms with Gasteiger partial charge in [0.2, 0.25) is 0 Å². The van der Waals surface area contributed by atoms with Gasteiger partial charge in [0, 0.05) is 10.0 Å². The van der Waals surface area contributed by atoms with Gasteiger partial charge in [0.1, 0.15) is 11.6 Å². The first-order valence-corrected chi connectivity index (χ1v) is 7.34. The van der Waals surface area contributed by atoms with E-state index in [1.807, 2.05) is 6.92 Å². The van der Waals surface area contributed by atoms with Gasteiger partial charge in [0.25, 0.3) is 0 Å². The predicted octanol–water partition coefficient (Wildman–Crippen LogP) is 5.08. The van der Waals surface area contributed by atoms with Crippen molar-refractivity contribution in [3.8, 4) is 0 Å². The molecular formula is C15H13BrClF2N. The largest absolute Gasteiger partial charge is 0.306 e. The van der Waals surface area contributed by atoms with Crippen LogP contribution in [0.1, 0.15) is 24.1 Å². The van der Waals surface area contributed by atoms with Crippen LogP contribution < -0.4 is 5.32 Å². The van der Waals surface area contributed by atoms with Gasteiger partial charge in [-0.3, -0.25) is 0 Å². The standard InChI is InChI=1S/C15H13BrClF2N/c1-2-20-15(9-3-5-10(18)6-4-9)11-7-8-12(16)13(17)14(11)19/h3-8,15,20H,2H2,1H3. The molecule has 0 saturated carbocycles. The van der Waals surface area contributed by atoms with Crippen LogP contribution in [0.4, 0.5) is 8.78 Å². The van der Waals surface area contributed by atoms with Crippen molar-refractivity contribution in [2.45, 2.75) is 13.0 Å².